The van der Waals surface area contributed by atoms with Crippen LogP contribution in [0.2, 0.25) is 0 Å². The Morgan fingerprint density at radius 1 is 0.900 bits per heavy atom. The maximum absolute atomic E-state index is 13.0. The summed E-state index contributed by atoms with van der Waals surface area (Å²) in [6, 6.07) is 15.8. The highest BCUT2D eigenvalue weighted by Gasteiger charge is 2.30. The molecule has 3 N–H and O–H groups in total. The Kier molecular flexibility index (Phi) is 5.99. The second-order valence-corrected chi connectivity index (χ2v) is 8.52. The number of hydrogen-bond donors (Lipinski definition) is 2. The van der Waals surface area contributed by atoms with Gasteiger partial charge in [0.05, 0.1) is 16.9 Å². The predicted molar refractivity (Wildman–Crippen MR) is 108 cm³/mol. The highest BCUT2D eigenvalue weighted by Crippen LogP contribution is 2.36. The Hall–Kier alpha value is -2.73. The molecule has 0 aromatic heterocycles. The van der Waals surface area contributed by atoms with Gasteiger partial charge in [-0.2, -0.15) is 13.2 Å². The van der Waals surface area contributed by atoms with Crippen LogP contribution >= 0.6 is 0 Å². The van der Waals surface area contributed by atoms with Gasteiger partial charge in [0.15, 0.2) is 0 Å². The first kappa shape index (κ1) is 22.0. The van der Waals surface area contributed by atoms with Gasteiger partial charge in [0.25, 0.3) is 11.3 Å². The molecule has 0 amide bonds. The molecule has 11 heteroatoms. The topological polar surface area (TPSA) is 101 Å². The van der Waals surface area contributed by atoms with E-state index < -0.39 is 33.0 Å². The highest BCUT2D eigenvalue weighted by atomic mass is 32.2. The van der Waals surface area contributed by atoms with Gasteiger partial charge >= 0.3 is 6.18 Å². The van der Waals surface area contributed by atoms with Crippen molar-refractivity contribution in [1.29, 1.82) is 0 Å². The summed E-state index contributed by atoms with van der Waals surface area (Å²) in [5, 5.41) is 5.21. The zero-order valence-electron chi connectivity index (χ0n) is 15.1. The van der Waals surface area contributed by atoms with E-state index in [0.717, 1.165) is 16.4 Å². The number of rotatable bonds is 5. The number of hydrogen-bond acceptors (Lipinski definition) is 3. The lowest BCUT2D eigenvalue weighted by Gasteiger charge is -2.22. The third-order valence-electron chi connectivity index (χ3n) is 4.15. The van der Waals surface area contributed by atoms with E-state index in [1.165, 1.54) is 60.7 Å². The molecule has 0 radical (unpaired) electrons. The third kappa shape index (κ3) is 4.70. The molecule has 0 saturated heterocycles. The average molecular weight is 456 g/mol. The van der Waals surface area contributed by atoms with E-state index in [1.807, 2.05) is 0 Å². The molecule has 0 heterocycles. The minimum atomic E-state index is -4.53. The SMILES string of the molecule is NS(=O)(=O)c1ccccc1N(c1cccc(-c2cccc(C(F)(F)F)c2)c1)S(=O)O. The zero-order chi connectivity index (χ0) is 22.1. The van der Waals surface area contributed by atoms with Crippen molar-refractivity contribution in [2.75, 3.05) is 4.31 Å². The minimum absolute atomic E-state index is 0.0850. The molecule has 0 saturated carbocycles. The van der Waals surface area contributed by atoms with Crippen LogP contribution in [0.4, 0.5) is 24.5 Å². The molecule has 30 heavy (non-hydrogen) atoms. The van der Waals surface area contributed by atoms with E-state index in [2.05, 4.69) is 0 Å². The van der Waals surface area contributed by atoms with E-state index in [4.69, 9.17) is 5.14 Å². The maximum Gasteiger partial charge on any atom is 0.416 e. The van der Waals surface area contributed by atoms with Crippen LogP contribution in [0.5, 0.6) is 0 Å². The summed E-state index contributed by atoms with van der Waals surface area (Å²) in [4.78, 5) is -0.378. The fourth-order valence-electron chi connectivity index (χ4n) is 2.87. The van der Waals surface area contributed by atoms with Crippen LogP contribution in [-0.2, 0) is 27.5 Å². The smallest absolute Gasteiger partial charge is 0.289 e. The van der Waals surface area contributed by atoms with Crippen LogP contribution in [0.15, 0.2) is 77.7 Å². The van der Waals surface area contributed by atoms with Gasteiger partial charge in [-0.1, -0.05) is 36.4 Å². The minimum Gasteiger partial charge on any atom is -0.289 e. The highest BCUT2D eigenvalue weighted by molar-refractivity contribution is 7.89. The molecular formula is C19H15F3N2O4S2. The lowest BCUT2D eigenvalue weighted by Crippen LogP contribution is -2.23. The van der Waals surface area contributed by atoms with Crippen molar-refractivity contribution < 1.29 is 30.4 Å². The first-order chi connectivity index (χ1) is 14.0. The van der Waals surface area contributed by atoms with Crippen LogP contribution in [0.25, 0.3) is 11.1 Å². The number of sulfonamides is 1. The first-order valence-electron chi connectivity index (χ1n) is 8.29. The largest absolute Gasteiger partial charge is 0.416 e. The van der Waals surface area contributed by atoms with Crippen LogP contribution in [0, 0.1) is 0 Å². The molecule has 1 atom stereocenters. The number of para-hydroxylation sites is 1. The van der Waals surface area contributed by atoms with Gasteiger partial charge in [0.1, 0.15) is 4.90 Å². The number of alkyl halides is 3. The number of halogens is 3. The normalized spacial score (nSPS) is 13.1. The van der Waals surface area contributed by atoms with E-state index >= 15 is 0 Å². The standard InChI is InChI=1S/C19H15F3N2O4S2/c20-19(21,22)15-7-3-5-13(11-15)14-6-4-8-16(12-14)24(29(25)26)17-9-1-2-10-18(17)30(23,27)28/h1-12H,(H,25,26)(H2,23,27,28). The zero-order valence-corrected chi connectivity index (χ0v) is 16.7. The summed E-state index contributed by atoms with van der Waals surface area (Å²) in [7, 11) is -4.22. The summed E-state index contributed by atoms with van der Waals surface area (Å²) in [6.45, 7) is 0. The van der Waals surface area contributed by atoms with Crippen LogP contribution in [0.1, 0.15) is 5.56 Å². The van der Waals surface area contributed by atoms with Gasteiger partial charge < -0.3 is 0 Å². The molecule has 6 nitrogen and oxygen atoms in total. The predicted octanol–water partition coefficient (Wildman–Crippen LogP) is 4.29. The quantitative estimate of drug-likeness (QED) is 0.559. The van der Waals surface area contributed by atoms with Crippen LogP contribution in [-0.4, -0.2) is 17.2 Å². The van der Waals surface area contributed by atoms with Gasteiger partial charge in [-0.25, -0.2) is 22.1 Å². The monoisotopic (exact) mass is 456 g/mol. The Morgan fingerprint density at radius 3 is 2.10 bits per heavy atom. The molecule has 0 aliphatic heterocycles. The molecule has 1 unspecified atom stereocenters. The number of nitrogens with two attached hydrogens (primary N) is 1. The molecule has 158 valence electrons. The molecule has 3 aromatic rings. The van der Waals surface area contributed by atoms with E-state index in [9.17, 15) is 30.4 Å². The summed E-state index contributed by atoms with van der Waals surface area (Å²) in [5.74, 6) is 0. The van der Waals surface area contributed by atoms with Gasteiger partial charge in [-0.05, 0) is 47.5 Å². The molecular weight excluding hydrogens is 441 g/mol. The number of benzene rings is 3. The fraction of sp³-hybridized carbons (Fsp3) is 0.0526. The van der Waals surface area contributed by atoms with Crippen molar-refractivity contribution >= 4 is 32.7 Å². The van der Waals surface area contributed by atoms with Crippen molar-refractivity contribution in [1.82, 2.24) is 0 Å². The Balaban J connectivity index is 2.14. The van der Waals surface area contributed by atoms with Crippen molar-refractivity contribution in [3.05, 3.63) is 78.4 Å². The van der Waals surface area contributed by atoms with E-state index in [0.29, 0.717) is 5.56 Å². The van der Waals surface area contributed by atoms with Gasteiger partial charge in [-0.15, -0.1) is 0 Å². The van der Waals surface area contributed by atoms with Crippen molar-refractivity contribution in [2.24, 2.45) is 5.14 Å². The molecule has 3 aromatic carbocycles. The number of anilines is 2. The summed E-state index contributed by atoms with van der Waals surface area (Å²) in [6.07, 6.45) is -4.53. The van der Waals surface area contributed by atoms with Gasteiger partial charge in [0, 0.05) is 0 Å². The molecule has 0 bridgehead atoms. The third-order valence-corrected chi connectivity index (χ3v) is 5.83. The van der Waals surface area contributed by atoms with Gasteiger partial charge in [-0.3, -0.25) is 4.55 Å². The molecule has 0 fully saturated rings. The summed E-state index contributed by atoms with van der Waals surface area (Å²) >= 11 is -2.70. The van der Waals surface area contributed by atoms with Crippen LogP contribution < -0.4 is 9.44 Å². The second kappa shape index (κ2) is 8.19. The Labute approximate surface area is 173 Å². The second-order valence-electron chi connectivity index (χ2n) is 6.17. The molecule has 0 aliphatic rings. The summed E-state index contributed by atoms with van der Waals surface area (Å²) in [5.41, 5.74) is -0.339. The average Bonchev–Trinajstić information content (AvgIpc) is 2.67. The summed E-state index contributed by atoms with van der Waals surface area (Å²) < 4.78 is 85.6. The van der Waals surface area contributed by atoms with Crippen molar-refractivity contribution in [3.8, 4) is 11.1 Å². The van der Waals surface area contributed by atoms with Crippen molar-refractivity contribution in [2.45, 2.75) is 11.1 Å². The lowest BCUT2D eigenvalue weighted by molar-refractivity contribution is -0.137. The molecule has 0 spiro atoms. The Morgan fingerprint density at radius 2 is 1.50 bits per heavy atom. The van der Waals surface area contributed by atoms with Crippen LogP contribution in [0.3, 0.4) is 0 Å². The van der Waals surface area contributed by atoms with Crippen molar-refractivity contribution in [3.63, 3.8) is 0 Å². The Bertz CT molecular complexity index is 1210. The van der Waals surface area contributed by atoms with E-state index in [-0.39, 0.29) is 21.8 Å². The number of primary sulfonamides is 1. The fourth-order valence-corrected chi connectivity index (χ4v) is 4.26. The lowest BCUT2D eigenvalue weighted by atomic mass is 10.0. The maximum atomic E-state index is 13.0. The molecule has 3 rings (SSSR count). The van der Waals surface area contributed by atoms with Gasteiger partial charge in [0.2, 0.25) is 10.0 Å². The first-order valence-corrected chi connectivity index (χ1v) is 10.9. The number of nitrogens with zero attached hydrogens (tertiary/aromatic N) is 1. The molecule has 0 aliphatic carbocycles. The van der Waals surface area contributed by atoms with E-state index in [1.54, 1.807) is 0 Å².